The number of rotatable bonds is 2. The molecule has 0 saturated heterocycles. The number of aliphatic hydroxyl groups is 1. The van der Waals surface area contributed by atoms with Crippen LogP contribution in [0.2, 0.25) is 0 Å². The second-order valence-electron chi connectivity index (χ2n) is 6.02. The minimum atomic E-state index is -0.496. The van der Waals surface area contributed by atoms with Gasteiger partial charge in [-0.25, -0.2) is 0 Å². The van der Waals surface area contributed by atoms with Gasteiger partial charge in [0.15, 0.2) is 0 Å². The van der Waals surface area contributed by atoms with Gasteiger partial charge in [0.1, 0.15) is 0 Å². The maximum absolute atomic E-state index is 10.1. The third-order valence-electron chi connectivity index (χ3n) is 4.71. The van der Waals surface area contributed by atoms with E-state index < -0.39 is 5.60 Å². The van der Waals surface area contributed by atoms with Crippen LogP contribution in [-0.4, -0.2) is 10.7 Å². The van der Waals surface area contributed by atoms with E-state index in [4.69, 9.17) is 0 Å². The van der Waals surface area contributed by atoms with E-state index >= 15 is 0 Å². The lowest BCUT2D eigenvalue weighted by Gasteiger charge is -2.75. The molecule has 3 saturated carbocycles. The summed E-state index contributed by atoms with van der Waals surface area (Å²) in [6.07, 6.45) is 3.52. The third kappa shape index (κ3) is 1.02. The molecule has 0 amide bonds. The van der Waals surface area contributed by atoms with Gasteiger partial charge in [0, 0.05) is 5.41 Å². The molecule has 2 bridgehead atoms. The standard InChI is InChI=1S/C14H18O/c1-12(2,15)14-8-13(9-14,10-14)11-6-4-3-5-7-11/h3-7,15H,8-10H2,1-2H3. The fourth-order valence-corrected chi connectivity index (χ4v) is 3.53. The summed E-state index contributed by atoms with van der Waals surface area (Å²) in [5.41, 5.74) is 1.62. The van der Waals surface area contributed by atoms with Crippen LogP contribution >= 0.6 is 0 Å². The van der Waals surface area contributed by atoms with Crippen LogP contribution in [0.4, 0.5) is 0 Å². The van der Waals surface area contributed by atoms with Crippen molar-refractivity contribution in [3.8, 4) is 0 Å². The highest BCUT2D eigenvalue weighted by Gasteiger charge is 2.72. The normalized spacial score (nSPS) is 38.1. The largest absolute Gasteiger partial charge is 0.390 e. The van der Waals surface area contributed by atoms with E-state index in [9.17, 15) is 5.11 Å². The van der Waals surface area contributed by atoms with Crippen molar-refractivity contribution in [2.24, 2.45) is 5.41 Å². The maximum Gasteiger partial charge on any atom is 0.0648 e. The van der Waals surface area contributed by atoms with Gasteiger partial charge >= 0.3 is 0 Å². The summed E-state index contributed by atoms with van der Waals surface area (Å²) in [6.45, 7) is 3.92. The van der Waals surface area contributed by atoms with Crippen LogP contribution in [0.3, 0.4) is 0 Å². The molecule has 80 valence electrons. The summed E-state index contributed by atoms with van der Waals surface area (Å²) in [6, 6.07) is 10.8. The fourth-order valence-electron chi connectivity index (χ4n) is 3.53. The molecule has 15 heavy (non-hydrogen) atoms. The van der Waals surface area contributed by atoms with Crippen LogP contribution in [0.5, 0.6) is 0 Å². The van der Waals surface area contributed by atoms with Crippen LogP contribution in [-0.2, 0) is 5.41 Å². The summed E-state index contributed by atoms with van der Waals surface area (Å²) in [5, 5.41) is 10.1. The molecular formula is C14H18O. The molecule has 1 nitrogen and oxygen atoms in total. The van der Waals surface area contributed by atoms with Crippen LogP contribution in [0.25, 0.3) is 0 Å². The van der Waals surface area contributed by atoms with Crippen molar-refractivity contribution in [3.05, 3.63) is 35.9 Å². The van der Waals surface area contributed by atoms with E-state index in [0.29, 0.717) is 5.41 Å². The molecule has 3 aliphatic carbocycles. The Kier molecular flexibility index (Phi) is 1.54. The van der Waals surface area contributed by atoms with E-state index in [1.54, 1.807) is 0 Å². The number of benzene rings is 1. The Morgan fingerprint density at radius 3 is 2.07 bits per heavy atom. The maximum atomic E-state index is 10.1. The average molecular weight is 202 g/mol. The van der Waals surface area contributed by atoms with E-state index in [-0.39, 0.29) is 5.41 Å². The van der Waals surface area contributed by atoms with Gasteiger partial charge in [-0.1, -0.05) is 30.3 Å². The van der Waals surface area contributed by atoms with Crippen LogP contribution in [0.15, 0.2) is 30.3 Å². The van der Waals surface area contributed by atoms with Crippen LogP contribution in [0.1, 0.15) is 38.7 Å². The van der Waals surface area contributed by atoms with Crippen molar-refractivity contribution in [1.29, 1.82) is 0 Å². The van der Waals surface area contributed by atoms with Gasteiger partial charge in [-0.2, -0.15) is 0 Å². The summed E-state index contributed by atoms with van der Waals surface area (Å²) in [4.78, 5) is 0. The molecule has 0 spiro atoms. The lowest BCUT2D eigenvalue weighted by Crippen LogP contribution is -2.72. The Morgan fingerprint density at radius 2 is 1.60 bits per heavy atom. The summed E-state index contributed by atoms with van der Waals surface area (Å²) < 4.78 is 0. The Balaban J connectivity index is 1.82. The van der Waals surface area contributed by atoms with E-state index in [1.165, 1.54) is 24.8 Å². The Morgan fingerprint density at radius 1 is 1.07 bits per heavy atom. The Labute approximate surface area is 91.1 Å². The predicted molar refractivity (Wildman–Crippen MR) is 60.7 cm³/mol. The molecule has 3 aliphatic rings. The molecule has 1 heteroatoms. The molecule has 0 aromatic heterocycles. The zero-order chi connectivity index (χ0) is 10.7. The highest BCUT2D eigenvalue weighted by molar-refractivity contribution is 5.40. The van der Waals surface area contributed by atoms with Crippen molar-refractivity contribution < 1.29 is 5.11 Å². The van der Waals surface area contributed by atoms with Crippen molar-refractivity contribution >= 4 is 0 Å². The summed E-state index contributed by atoms with van der Waals surface area (Å²) in [7, 11) is 0. The molecule has 1 aromatic rings. The van der Waals surface area contributed by atoms with Crippen molar-refractivity contribution in [1.82, 2.24) is 0 Å². The van der Waals surface area contributed by atoms with Gasteiger partial charge in [-0.15, -0.1) is 0 Å². The fraction of sp³-hybridized carbons (Fsp3) is 0.571. The molecule has 1 aromatic carbocycles. The van der Waals surface area contributed by atoms with Gasteiger partial charge in [-0.3, -0.25) is 0 Å². The second kappa shape index (κ2) is 2.46. The first-order chi connectivity index (χ1) is 6.98. The van der Waals surface area contributed by atoms with Crippen LogP contribution in [0, 0.1) is 5.41 Å². The highest BCUT2D eigenvalue weighted by atomic mass is 16.3. The third-order valence-corrected chi connectivity index (χ3v) is 4.71. The van der Waals surface area contributed by atoms with Gasteiger partial charge in [0.25, 0.3) is 0 Å². The SMILES string of the molecule is CC(C)(O)C12CC(c3ccccc3)(C1)C2. The van der Waals surface area contributed by atoms with Crippen molar-refractivity contribution in [2.75, 3.05) is 0 Å². The first kappa shape index (κ1) is 9.41. The van der Waals surface area contributed by atoms with E-state index in [1.807, 2.05) is 13.8 Å². The van der Waals surface area contributed by atoms with Gasteiger partial charge in [0.2, 0.25) is 0 Å². The Hall–Kier alpha value is -0.820. The highest BCUT2D eigenvalue weighted by Crippen LogP contribution is 2.77. The predicted octanol–water partition coefficient (Wildman–Crippen LogP) is 2.88. The van der Waals surface area contributed by atoms with Crippen LogP contribution < -0.4 is 0 Å². The minimum absolute atomic E-state index is 0.225. The molecule has 0 atom stereocenters. The molecule has 0 unspecified atom stereocenters. The zero-order valence-corrected chi connectivity index (χ0v) is 9.46. The molecule has 0 aliphatic heterocycles. The molecular weight excluding hydrogens is 184 g/mol. The van der Waals surface area contributed by atoms with E-state index in [0.717, 1.165) is 0 Å². The zero-order valence-electron chi connectivity index (χ0n) is 9.46. The molecule has 4 rings (SSSR count). The first-order valence-electron chi connectivity index (χ1n) is 5.76. The molecule has 0 heterocycles. The number of hydrogen-bond donors (Lipinski definition) is 1. The Bertz CT molecular complexity index is 366. The average Bonchev–Trinajstić information content (AvgIpc) is 1.98. The van der Waals surface area contributed by atoms with E-state index in [2.05, 4.69) is 30.3 Å². The van der Waals surface area contributed by atoms with Crippen molar-refractivity contribution in [2.45, 2.75) is 44.1 Å². The first-order valence-corrected chi connectivity index (χ1v) is 5.76. The summed E-state index contributed by atoms with van der Waals surface area (Å²) >= 11 is 0. The van der Waals surface area contributed by atoms with Gasteiger partial charge in [0.05, 0.1) is 5.60 Å². The topological polar surface area (TPSA) is 20.2 Å². The smallest absolute Gasteiger partial charge is 0.0648 e. The van der Waals surface area contributed by atoms with Gasteiger partial charge < -0.3 is 5.11 Å². The number of hydrogen-bond acceptors (Lipinski definition) is 1. The van der Waals surface area contributed by atoms with Crippen molar-refractivity contribution in [3.63, 3.8) is 0 Å². The molecule has 0 radical (unpaired) electrons. The lowest BCUT2D eigenvalue weighted by atomic mass is 9.30. The summed E-state index contributed by atoms with van der Waals surface area (Å²) in [5.74, 6) is 0. The lowest BCUT2D eigenvalue weighted by molar-refractivity contribution is -0.245. The second-order valence-corrected chi connectivity index (χ2v) is 6.02. The minimum Gasteiger partial charge on any atom is -0.390 e. The van der Waals surface area contributed by atoms with Gasteiger partial charge in [-0.05, 0) is 44.1 Å². The molecule has 3 fully saturated rings. The monoisotopic (exact) mass is 202 g/mol. The quantitative estimate of drug-likeness (QED) is 0.782. The molecule has 1 N–H and O–H groups in total.